The van der Waals surface area contributed by atoms with Crippen molar-refractivity contribution in [3.05, 3.63) is 60.2 Å². The summed E-state index contributed by atoms with van der Waals surface area (Å²) in [6.07, 6.45) is 2.24. The number of benzene rings is 2. The highest BCUT2D eigenvalue weighted by atomic mass is 16.5. The highest BCUT2D eigenvalue weighted by Crippen LogP contribution is 2.18. The molecule has 0 radical (unpaired) electrons. The normalized spacial score (nSPS) is 15.7. The molecule has 1 heterocycles. The van der Waals surface area contributed by atoms with Gasteiger partial charge in [-0.05, 0) is 30.5 Å². The lowest BCUT2D eigenvalue weighted by atomic mass is 10.0. The van der Waals surface area contributed by atoms with E-state index in [0.29, 0.717) is 19.2 Å². The molecule has 6 heteroatoms. The van der Waals surface area contributed by atoms with Gasteiger partial charge in [0.2, 0.25) is 0 Å². The van der Waals surface area contributed by atoms with Crippen LogP contribution >= 0.6 is 0 Å². The molecule has 156 valence electrons. The van der Waals surface area contributed by atoms with Gasteiger partial charge in [-0.25, -0.2) is 0 Å². The first kappa shape index (κ1) is 21.0. The zero-order valence-corrected chi connectivity index (χ0v) is 17.4. The molecular formula is C23H32N4O2. The van der Waals surface area contributed by atoms with E-state index in [2.05, 4.69) is 50.9 Å². The molecule has 0 saturated carbocycles. The van der Waals surface area contributed by atoms with Crippen LogP contribution in [-0.4, -0.2) is 57.3 Å². The molecule has 2 aromatic rings. The third kappa shape index (κ3) is 6.98. The summed E-state index contributed by atoms with van der Waals surface area (Å²) in [6, 6.07) is 18.8. The van der Waals surface area contributed by atoms with Gasteiger partial charge in [0, 0.05) is 38.8 Å². The van der Waals surface area contributed by atoms with Crippen LogP contribution in [0.1, 0.15) is 18.4 Å². The number of guanidine groups is 1. The highest BCUT2D eigenvalue weighted by molar-refractivity contribution is 5.79. The Morgan fingerprint density at radius 2 is 1.83 bits per heavy atom. The molecule has 0 unspecified atom stereocenters. The van der Waals surface area contributed by atoms with Crippen molar-refractivity contribution >= 4 is 5.96 Å². The Labute approximate surface area is 173 Å². The molecule has 1 saturated heterocycles. The van der Waals surface area contributed by atoms with Crippen LogP contribution in [0.3, 0.4) is 0 Å². The Balaban J connectivity index is 1.34. The van der Waals surface area contributed by atoms with Crippen LogP contribution in [0.15, 0.2) is 59.6 Å². The molecule has 0 aliphatic carbocycles. The molecular weight excluding hydrogens is 364 g/mol. The molecule has 1 aliphatic rings. The van der Waals surface area contributed by atoms with E-state index in [1.165, 1.54) is 5.56 Å². The maximum Gasteiger partial charge on any atom is 0.191 e. The number of rotatable bonds is 8. The van der Waals surface area contributed by atoms with Crippen molar-refractivity contribution in [1.29, 1.82) is 0 Å². The summed E-state index contributed by atoms with van der Waals surface area (Å²) in [4.78, 5) is 6.87. The molecule has 1 aliphatic heterocycles. The van der Waals surface area contributed by atoms with Crippen LogP contribution in [0.4, 0.5) is 0 Å². The third-order valence-corrected chi connectivity index (χ3v) is 5.11. The molecule has 0 bridgehead atoms. The Morgan fingerprint density at radius 1 is 1.07 bits per heavy atom. The van der Waals surface area contributed by atoms with E-state index >= 15 is 0 Å². The summed E-state index contributed by atoms with van der Waals surface area (Å²) in [5.74, 6) is 2.44. The number of methoxy groups -OCH3 is 1. The topological polar surface area (TPSA) is 58.1 Å². The van der Waals surface area contributed by atoms with Crippen molar-refractivity contribution in [3.8, 4) is 11.5 Å². The van der Waals surface area contributed by atoms with Crippen molar-refractivity contribution in [2.24, 2.45) is 4.99 Å². The average molecular weight is 397 g/mol. The van der Waals surface area contributed by atoms with Gasteiger partial charge >= 0.3 is 0 Å². The van der Waals surface area contributed by atoms with E-state index in [1.54, 1.807) is 7.11 Å². The summed E-state index contributed by atoms with van der Waals surface area (Å²) in [5, 5.41) is 6.88. The number of ether oxygens (including phenoxy) is 2. The number of nitrogens with one attached hydrogen (secondary N) is 2. The zero-order valence-electron chi connectivity index (χ0n) is 17.4. The Kier molecular flexibility index (Phi) is 8.19. The quantitative estimate of drug-likeness (QED) is 0.408. The first-order chi connectivity index (χ1) is 14.3. The minimum Gasteiger partial charge on any atom is -0.497 e. The van der Waals surface area contributed by atoms with Crippen LogP contribution < -0.4 is 20.1 Å². The van der Waals surface area contributed by atoms with Crippen LogP contribution in [-0.2, 0) is 6.54 Å². The van der Waals surface area contributed by atoms with Gasteiger partial charge < -0.3 is 20.1 Å². The van der Waals surface area contributed by atoms with Crippen molar-refractivity contribution in [2.45, 2.75) is 25.4 Å². The summed E-state index contributed by atoms with van der Waals surface area (Å²) >= 11 is 0. The van der Waals surface area contributed by atoms with Crippen molar-refractivity contribution < 1.29 is 9.47 Å². The summed E-state index contributed by atoms with van der Waals surface area (Å²) in [5.41, 5.74) is 1.38. The fourth-order valence-electron chi connectivity index (χ4n) is 3.49. The maximum atomic E-state index is 5.77. The maximum absolute atomic E-state index is 5.77. The molecule has 3 rings (SSSR count). The second kappa shape index (κ2) is 11.3. The predicted octanol–water partition coefficient (Wildman–Crippen LogP) is 2.90. The molecule has 0 spiro atoms. The lowest BCUT2D eigenvalue weighted by molar-refractivity contribution is 0.198. The number of nitrogens with zero attached hydrogens (tertiary/aromatic N) is 2. The fourth-order valence-corrected chi connectivity index (χ4v) is 3.49. The molecule has 0 aromatic heterocycles. The Hall–Kier alpha value is -2.73. The van der Waals surface area contributed by atoms with Crippen molar-refractivity contribution in [1.82, 2.24) is 15.5 Å². The average Bonchev–Trinajstić information content (AvgIpc) is 2.78. The summed E-state index contributed by atoms with van der Waals surface area (Å²) in [6.45, 7) is 4.47. The monoisotopic (exact) mass is 396 g/mol. The van der Waals surface area contributed by atoms with Crippen LogP contribution in [0.5, 0.6) is 11.5 Å². The second-order valence-electron chi connectivity index (χ2n) is 7.21. The molecule has 0 atom stereocenters. The largest absolute Gasteiger partial charge is 0.497 e. The smallest absolute Gasteiger partial charge is 0.191 e. The van der Waals surface area contributed by atoms with Crippen LogP contribution in [0, 0.1) is 0 Å². The van der Waals surface area contributed by atoms with E-state index in [9.17, 15) is 0 Å². The summed E-state index contributed by atoms with van der Waals surface area (Å²) < 4.78 is 11.0. The van der Waals surface area contributed by atoms with Crippen LogP contribution in [0.25, 0.3) is 0 Å². The lowest BCUT2D eigenvalue weighted by Gasteiger charge is -2.33. The Bertz CT molecular complexity index is 758. The molecule has 1 fully saturated rings. The van der Waals surface area contributed by atoms with Gasteiger partial charge in [0.15, 0.2) is 5.96 Å². The first-order valence-corrected chi connectivity index (χ1v) is 10.3. The van der Waals surface area contributed by atoms with Gasteiger partial charge in [-0.3, -0.25) is 9.89 Å². The standard InChI is InChI=1S/C23H32N4O2/c1-24-23(25-13-16-29-22-10-6-9-21(17-22)28-2)26-20-11-14-27(15-12-20)18-19-7-4-3-5-8-19/h3-10,17,20H,11-16,18H2,1-2H3,(H2,24,25,26). The van der Waals surface area contributed by atoms with E-state index in [4.69, 9.17) is 9.47 Å². The summed E-state index contributed by atoms with van der Waals surface area (Å²) in [7, 11) is 3.46. The van der Waals surface area contributed by atoms with E-state index in [1.807, 2.05) is 31.3 Å². The highest BCUT2D eigenvalue weighted by Gasteiger charge is 2.19. The van der Waals surface area contributed by atoms with E-state index in [0.717, 1.165) is 49.9 Å². The molecule has 2 N–H and O–H groups in total. The third-order valence-electron chi connectivity index (χ3n) is 5.11. The number of hydrogen-bond acceptors (Lipinski definition) is 4. The second-order valence-corrected chi connectivity index (χ2v) is 7.21. The van der Waals surface area contributed by atoms with Gasteiger partial charge in [0.05, 0.1) is 13.7 Å². The molecule has 2 aromatic carbocycles. The number of aliphatic imine (C=N–C) groups is 1. The van der Waals surface area contributed by atoms with Gasteiger partial charge in [0.1, 0.15) is 18.1 Å². The van der Waals surface area contributed by atoms with E-state index in [-0.39, 0.29) is 0 Å². The van der Waals surface area contributed by atoms with Gasteiger partial charge in [-0.2, -0.15) is 0 Å². The fraction of sp³-hybridized carbons (Fsp3) is 0.435. The van der Waals surface area contributed by atoms with E-state index < -0.39 is 0 Å². The molecule has 0 amide bonds. The van der Waals surface area contributed by atoms with Crippen molar-refractivity contribution in [3.63, 3.8) is 0 Å². The number of piperidine rings is 1. The zero-order chi connectivity index (χ0) is 20.3. The minimum atomic E-state index is 0.451. The Morgan fingerprint density at radius 3 is 2.55 bits per heavy atom. The molecule has 29 heavy (non-hydrogen) atoms. The van der Waals surface area contributed by atoms with Gasteiger partial charge in [0.25, 0.3) is 0 Å². The van der Waals surface area contributed by atoms with Crippen molar-refractivity contribution in [2.75, 3.05) is 40.4 Å². The SMILES string of the molecule is CN=C(NCCOc1cccc(OC)c1)NC1CCN(Cc2ccccc2)CC1. The predicted molar refractivity (Wildman–Crippen MR) is 118 cm³/mol. The first-order valence-electron chi connectivity index (χ1n) is 10.3. The van der Waals surface area contributed by atoms with Gasteiger partial charge in [-0.15, -0.1) is 0 Å². The number of hydrogen-bond donors (Lipinski definition) is 2. The molecule has 6 nitrogen and oxygen atoms in total. The van der Waals surface area contributed by atoms with Gasteiger partial charge in [-0.1, -0.05) is 36.4 Å². The van der Waals surface area contributed by atoms with Crippen LogP contribution in [0.2, 0.25) is 0 Å². The minimum absolute atomic E-state index is 0.451. The lowest BCUT2D eigenvalue weighted by Crippen LogP contribution is -2.49. The number of likely N-dealkylation sites (tertiary alicyclic amines) is 1.